The third-order valence-corrected chi connectivity index (χ3v) is 5.59. The summed E-state index contributed by atoms with van der Waals surface area (Å²) in [4.78, 5) is 0. The summed E-state index contributed by atoms with van der Waals surface area (Å²) in [5.74, 6) is 0. The van der Waals surface area contributed by atoms with Crippen molar-refractivity contribution in [2.24, 2.45) is 10.8 Å². The van der Waals surface area contributed by atoms with Crippen LogP contribution in [-0.2, 0) is 6.42 Å². The molecule has 1 unspecified atom stereocenters. The standard InChI is InChI=1S/C18H29N/c1-7-13-9-11-14(12-10-13)15(8-2)19-16-17(3,4)18(16,5)6/h9-12,15-16,19H,7-8H2,1-6H3. The smallest absolute Gasteiger partial charge is 0.0320 e. The predicted octanol–water partition coefficient (Wildman–Crippen LogP) is 4.72. The van der Waals surface area contributed by atoms with E-state index in [0.717, 1.165) is 12.8 Å². The number of hydrogen-bond donors (Lipinski definition) is 1. The Labute approximate surface area is 118 Å². The van der Waals surface area contributed by atoms with Crippen molar-refractivity contribution >= 4 is 0 Å². The molecular weight excluding hydrogens is 230 g/mol. The lowest BCUT2D eigenvalue weighted by atomic mass is 10.0. The molecule has 19 heavy (non-hydrogen) atoms. The van der Waals surface area contributed by atoms with Crippen molar-refractivity contribution in [3.8, 4) is 0 Å². The molecule has 1 N–H and O–H groups in total. The summed E-state index contributed by atoms with van der Waals surface area (Å²) in [6.07, 6.45) is 2.27. The number of benzene rings is 1. The van der Waals surface area contributed by atoms with Gasteiger partial charge in [-0.25, -0.2) is 0 Å². The lowest BCUT2D eigenvalue weighted by Crippen LogP contribution is -2.27. The zero-order valence-electron chi connectivity index (χ0n) is 13.4. The highest BCUT2D eigenvalue weighted by molar-refractivity contribution is 5.27. The Kier molecular flexibility index (Phi) is 3.79. The normalized spacial score (nSPS) is 22.2. The molecule has 0 aliphatic heterocycles. The first kappa shape index (κ1) is 14.6. The third-order valence-electron chi connectivity index (χ3n) is 5.59. The lowest BCUT2D eigenvalue weighted by molar-refractivity contribution is 0.457. The summed E-state index contributed by atoms with van der Waals surface area (Å²) in [5.41, 5.74) is 3.66. The minimum atomic E-state index is 0.407. The third kappa shape index (κ3) is 2.45. The molecule has 0 heterocycles. The topological polar surface area (TPSA) is 12.0 Å². The zero-order chi connectivity index (χ0) is 14.3. The van der Waals surface area contributed by atoms with Crippen LogP contribution in [-0.4, -0.2) is 6.04 Å². The quantitative estimate of drug-likeness (QED) is 0.806. The van der Waals surface area contributed by atoms with Gasteiger partial charge < -0.3 is 5.32 Å². The maximum atomic E-state index is 3.87. The fourth-order valence-electron chi connectivity index (χ4n) is 3.25. The van der Waals surface area contributed by atoms with E-state index >= 15 is 0 Å². The van der Waals surface area contributed by atoms with E-state index < -0.39 is 0 Å². The van der Waals surface area contributed by atoms with Crippen LogP contribution in [0, 0.1) is 10.8 Å². The van der Waals surface area contributed by atoms with E-state index in [1.54, 1.807) is 0 Å². The average Bonchev–Trinajstić information content (AvgIpc) is 2.77. The molecule has 0 saturated heterocycles. The van der Waals surface area contributed by atoms with E-state index in [-0.39, 0.29) is 0 Å². The summed E-state index contributed by atoms with van der Waals surface area (Å²) in [7, 11) is 0. The fraction of sp³-hybridized carbons (Fsp3) is 0.667. The van der Waals surface area contributed by atoms with E-state index in [9.17, 15) is 0 Å². The summed E-state index contributed by atoms with van der Waals surface area (Å²) in [6, 6.07) is 10.2. The minimum absolute atomic E-state index is 0.407. The average molecular weight is 259 g/mol. The van der Waals surface area contributed by atoms with Gasteiger partial charge in [-0.05, 0) is 34.8 Å². The Bertz CT molecular complexity index is 414. The Hall–Kier alpha value is -0.820. The molecule has 1 aliphatic rings. The molecule has 0 amide bonds. The molecule has 0 bridgehead atoms. The highest BCUT2D eigenvalue weighted by Gasteiger charge is 2.64. The highest BCUT2D eigenvalue weighted by atomic mass is 15.1. The van der Waals surface area contributed by atoms with Crippen LogP contribution in [0.25, 0.3) is 0 Å². The van der Waals surface area contributed by atoms with Gasteiger partial charge in [0.15, 0.2) is 0 Å². The van der Waals surface area contributed by atoms with Gasteiger partial charge in [-0.3, -0.25) is 0 Å². The van der Waals surface area contributed by atoms with Gasteiger partial charge >= 0.3 is 0 Å². The molecule has 1 nitrogen and oxygen atoms in total. The second kappa shape index (κ2) is 4.94. The van der Waals surface area contributed by atoms with Crippen molar-refractivity contribution in [3.63, 3.8) is 0 Å². The van der Waals surface area contributed by atoms with E-state index in [1.807, 2.05) is 0 Å². The first-order valence-electron chi connectivity index (χ1n) is 7.69. The summed E-state index contributed by atoms with van der Waals surface area (Å²) >= 11 is 0. The number of hydrogen-bond acceptors (Lipinski definition) is 1. The summed E-state index contributed by atoms with van der Waals surface area (Å²) < 4.78 is 0. The molecule has 1 saturated carbocycles. The monoisotopic (exact) mass is 259 g/mol. The summed E-state index contributed by atoms with van der Waals surface area (Å²) in [6.45, 7) is 14.0. The maximum absolute atomic E-state index is 3.87. The molecule has 0 radical (unpaired) electrons. The van der Waals surface area contributed by atoms with Gasteiger partial charge in [-0.15, -0.1) is 0 Å². The van der Waals surface area contributed by atoms with Crippen LogP contribution in [0.15, 0.2) is 24.3 Å². The van der Waals surface area contributed by atoms with Gasteiger partial charge in [0.05, 0.1) is 0 Å². The molecule has 0 spiro atoms. The SMILES string of the molecule is CCc1ccc(C(CC)NC2C(C)(C)C2(C)C)cc1. The number of rotatable bonds is 5. The lowest BCUT2D eigenvalue weighted by Gasteiger charge is -2.19. The van der Waals surface area contributed by atoms with E-state index in [2.05, 4.69) is 71.1 Å². The van der Waals surface area contributed by atoms with E-state index in [4.69, 9.17) is 0 Å². The Morgan fingerprint density at radius 1 is 1.00 bits per heavy atom. The molecule has 106 valence electrons. The van der Waals surface area contributed by atoms with Crippen molar-refractivity contribution in [1.29, 1.82) is 0 Å². The fourth-order valence-corrected chi connectivity index (χ4v) is 3.25. The van der Waals surface area contributed by atoms with Crippen LogP contribution in [0.1, 0.15) is 65.1 Å². The second-order valence-corrected chi connectivity index (χ2v) is 7.10. The van der Waals surface area contributed by atoms with Crippen LogP contribution < -0.4 is 5.32 Å². The van der Waals surface area contributed by atoms with Crippen molar-refractivity contribution < 1.29 is 0 Å². The number of aryl methyl sites for hydroxylation is 1. The van der Waals surface area contributed by atoms with Crippen LogP contribution in [0.4, 0.5) is 0 Å². The Morgan fingerprint density at radius 2 is 1.53 bits per heavy atom. The molecule has 1 fully saturated rings. The Morgan fingerprint density at radius 3 is 1.89 bits per heavy atom. The van der Waals surface area contributed by atoms with Gasteiger partial charge in [-0.1, -0.05) is 65.8 Å². The molecule has 1 aromatic carbocycles. The highest BCUT2D eigenvalue weighted by Crippen LogP contribution is 2.63. The predicted molar refractivity (Wildman–Crippen MR) is 83.3 cm³/mol. The first-order chi connectivity index (χ1) is 8.84. The van der Waals surface area contributed by atoms with Gasteiger partial charge in [-0.2, -0.15) is 0 Å². The second-order valence-electron chi connectivity index (χ2n) is 7.10. The van der Waals surface area contributed by atoms with Gasteiger partial charge in [0.2, 0.25) is 0 Å². The summed E-state index contributed by atoms with van der Waals surface area (Å²) in [5, 5.41) is 3.87. The first-order valence-corrected chi connectivity index (χ1v) is 7.69. The molecule has 1 aliphatic carbocycles. The zero-order valence-corrected chi connectivity index (χ0v) is 13.4. The van der Waals surface area contributed by atoms with Crippen molar-refractivity contribution in [3.05, 3.63) is 35.4 Å². The molecule has 2 rings (SSSR count). The van der Waals surface area contributed by atoms with Gasteiger partial charge in [0, 0.05) is 12.1 Å². The molecule has 1 heteroatoms. The largest absolute Gasteiger partial charge is 0.306 e. The number of nitrogens with one attached hydrogen (secondary N) is 1. The van der Waals surface area contributed by atoms with Crippen molar-refractivity contribution in [1.82, 2.24) is 5.32 Å². The van der Waals surface area contributed by atoms with Crippen LogP contribution in [0.5, 0.6) is 0 Å². The molecule has 1 aromatic rings. The Balaban J connectivity index is 2.09. The van der Waals surface area contributed by atoms with E-state index in [0.29, 0.717) is 22.9 Å². The van der Waals surface area contributed by atoms with Crippen LogP contribution in [0.3, 0.4) is 0 Å². The van der Waals surface area contributed by atoms with Crippen LogP contribution >= 0.6 is 0 Å². The van der Waals surface area contributed by atoms with Gasteiger partial charge in [0.1, 0.15) is 0 Å². The van der Waals surface area contributed by atoms with Crippen molar-refractivity contribution in [2.75, 3.05) is 0 Å². The molecule has 0 aromatic heterocycles. The minimum Gasteiger partial charge on any atom is -0.306 e. The van der Waals surface area contributed by atoms with Crippen LogP contribution in [0.2, 0.25) is 0 Å². The van der Waals surface area contributed by atoms with E-state index in [1.165, 1.54) is 11.1 Å². The van der Waals surface area contributed by atoms with Gasteiger partial charge in [0.25, 0.3) is 0 Å². The molecular formula is C18H29N. The van der Waals surface area contributed by atoms with Crippen molar-refractivity contribution in [2.45, 2.75) is 66.5 Å². The molecule has 1 atom stereocenters. The maximum Gasteiger partial charge on any atom is 0.0320 e.